The highest BCUT2D eigenvalue weighted by atomic mass is 35.5. The number of benzene rings is 2. The summed E-state index contributed by atoms with van der Waals surface area (Å²) >= 11 is 8.15. The van der Waals surface area contributed by atoms with E-state index in [1.807, 2.05) is 19.9 Å². The van der Waals surface area contributed by atoms with Gasteiger partial charge in [0.05, 0.1) is 16.9 Å². The van der Waals surface area contributed by atoms with Gasteiger partial charge < -0.3 is 20.1 Å². The fourth-order valence-electron chi connectivity index (χ4n) is 4.00. The second kappa shape index (κ2) is 13.0. The Morgan fingerprint density at radius 2 is 1.85 bits per heavy atom. The van der Waals surface area contributed by atoms with Crippen LogP contribution in [0.5, 0.6) is 11.5 Å². The van der Waals surface area contributed by atoms with E-state index in [9.17, 15) is 14.0 Å². The fourth-order valence-corrected chi connectivity index (χ4v) is 5.11. The SMILES string of the molecule is CC.Cc1ccc(Nc2c(C(=O)NC3CC3)c(Oc3cccc(NSN4CCC4)c3Cl)c(C)c(=O)n2C)c(F)c1. The molecule has 214 valence electrons. The molecular weight excluding hydrogens is 553 g/mol. The number of pyridine rings is 1. The van der Waals surface area contributed by atoms with E-state index in [1.54, 1.807) is 38.1 Å². The van der Waals surface area contributed by atoms with Gasteiger partial charge in [0.1, 0.15) is 28.0 Å². The number of aromatic nitrogens is 1. The van der Waals surface area contributed by atoms with Gasteiger partial charge >= 0.3 is 0 Å². The summed E-state index contributed by atoms with van der Waals surface area (Å²) in [4.78, 5) is 26.8. The molecule has 1 saturated heterocycles. The Hall–Kier alpha value is -3.21. The molecule has 3 N–H and O–H groups in total. The summed E-state index contributed by atoms with van der Waals surface area (Å²) in [6.07, 6.45) is 2.90. The summed E-state index contributed by atoms with van der Waals surface area (Å²) in [5.41, 5.74) is 1.46. The van der Waals surface area contributed by atoms with E-state index in [-0.39, 0.29) is 40.2 Å². The Kier molecular flexibility index (Phi) is 9.65. The molecule has 0 radical (unpaired) electrons. The number of carbonyl (C=O) groups is 1. The van der Waals surface area contributed by atoms with Crippen LogP contribution >= 0.6 is 23.7 Å². The number of anilines is 3. The normalized spacial score (nSPS) is 14.5. The largest absolute Gasteiger partial charge is 0.454 e. The third-order valence-corrected chi connectivity index (χ3v) is 7.88. The molecule has 1 aromatic heterocycles. The quantitative estimate of drug-likeness (QED) is 0.234. The summed E-state index contributed by atoms with van der Waals surface area (Å²) < 4.78 is 27.7. The van der Waals surface area contributed by atoms with Gasteiger partial charge in [0, 0.05) is 38.3 Å². The highest BCUT2D eigenvalue weighted by Gasteiger charge is 2.31. The van der Waals surface area contributed by atoms with Crippen molar-refractivity contribution in [1.82, 2.24) is 14.2 Å². The number of nitrogens with one attached hydrogen (secondary N) is 3. The molecule has 2 aromatic carbocycles. The van der Waals surface area contributed by atoms with Gasteiger partial charge in [0.15, 0.2) is 5.75 Å². The van der Waals surface area contributed by atoms with Crippen LogP contribution in [-0.2, 0) is 7.05 Å². The lowest BCUT2D eigenvalue weighted by Crippen LogP contribution is -2.32. The molecule has 5 rings (SSSR count). The first kappa shape index (κ1) is 29.8. The van der Waals surface area contributed by atoms with Crippen LogP contribution in [0.2, 0.25) is 5.02 Å². The first-order chi connectivity index (χ1) is 19.2. The van der Waals surface area contributed by atoms with Crippen molar-refractivity contribution in [2.75, 3.05) is 23.1 Å². The molecule has 1 amide bonds. The molecule has 1 aliphatic carbocycles. The van der Waals surface area contributed by atoms with Crippen molar-refractivity contribution in [2.45, 2.75) is 53.0 Å². The average molecular weight is 588 g/mol. The van der Waals surface area contributed by atoms with E-state index in [2.05, 4.69) is 19.7 Å². The number of rotatable bonds is 9. The van der Waals surface area contributed by atoms with Crippen molar-refractivity contribution in [3.8, 4) is 11.5 Å². The number of halogens is 2. The Morgan fingerprint density at radius 3 is 2.48 bits per heavy atom. The number of ether oxygens (including phenoxy) is 1. The Balaban J connectivity index is 0.00000181. The van der Waals surface area contributed by atoms with Gasteiger partial charge in [0.2, 0.25) is 0 Å². The van der Waals surface area contributed by atoms with Crippen LogP contribution < -0.4 is 25.7 Å². The molecule has 11 heteroatoms. The minimum atomic E-state index is -0.504. The van der Waals surface area contributed by atoms with Gasteiger partial charge in [-0.3, -0.25) is 14.2 Å². The third kappa shape index (κ3) is 6.56. The molecule has 0 bridgehead atoms. The second-order valence-corrected chi connectivity index (χ2v) is 10.9. The van der Waals surface area contributed by atoms with Crippen LogP contribution in [-0.4, -0.2) is 33.9 Å². The number of hydrogen-bond donors (Lipinski definition) is 3. The summed E-state index contributed by atoms with van der Waals surface area (Å²) in [5, 5.41) is 6.25. The zero-order valence-corrected chi connectivity index (χ0v) is 24.9. The molecule has 0 unspecified atom stereocenters. The van der Waals surface area contributed by atoms with Gasteiger partial charge in [-0.05, 0) is 62.9 Å². The molecular formula is C29H35ClFN5O3S. The average Bonchev–Trinajstić information content (AvgIpc) is 3.73. The van der Waals surface area contributed by atoms with E-state index in [4.69, 9.17) is 16.3 Å². The summed E-state index contributed by atoms with van der Waals surface area (Å²) in [6.45, 7) is 9.37. The standard InChI is InChI=1S/C27H29ClFN5O3S.C2H6/c1-15-8-11-19(18(29)14-15)31-25-22(26(35)30-17-9-10-17)24(16(2)27(36)33(25)3)37-21-7-4-6-20(23(21)28)32-38-34-12-5-13-34;1-2/h4,6-8,11,14,17,31-32H,5,9-10,12-13H2,1-3H3,(H,30,35);1-2H3. The van der Waals surface area contributed by atoms with Gasteiger partial charge in [0.25, 0.3) is 11.5 Å². The van der Waals surface area contributed by atoms with Crippen LogP contribution in [0.15, 0.2) is 41.2 Å². The number of aryl methyl sites for hydroxylation is 1. The first-order valence-corrected chi connectivity index (χ1v) is 14.6. The Bertz CT molecular complexity index is 1460. The zero-order chi connectivity index (χ0) is 29.0. The Morgan fingerprint density at radius 1 is 1.12 bits per heavy atom. The fraction of sp³-hybridized carbons (Fsp3) is 0.379. The summed E-state index contributed by atoms with van der Waals surface area (Å²) in [7, 11) is 1.53. The lowest BCUT2D eigenvalue weighted by atomic mass is 10.1. The smallest absolute Gasteiger partial charge is 0.259 e. The number of amides is 1. The third-order valence-electron chi connectivity index (χ3n) is 6.56. The maximum absolute atomic E-state index is 14.8. The zero-order valence-electron chi connectivity index (χ0n) is 23.4. The van der Waals surface area contributed by atoms with Crippen molar-refractivity contribution < 1.29 is 13.9 Å². The molecule has 3 aromatic rings. The van der Waals surface area contributed by atoms with Crippen molar-refractivity contribution >= 4 is 46.8 Å². The minimum Gasteiger partial charge on any atom is -0.454 e. The maximum atomic E-state index is 14.8. The molecule has 0 spiro atoms. The number of hydrogen-bond acceptors (Lipinski definition) is 7. The van der Waals surface area contributed by atoms with Crippen molar-refractivity contribution in [2.24, 2.45) is 7.05 Å². The lowest BCUT2D eigenvalue weighted by molar-refractivity contribution is 0.0948. The molecule has 1 saturated carbocycles. The molecule has 2 fully saturated rings. The van der Waals surface area contributed by atoms with Crippen molar-refractivity contribution in [3.63, 3.8) is 0 Å². The highest BCUT2D eigenvalue weighted by Crippen LogP contribution is 2.40. The predicted molar refractivity (Wildman–Crippen MR) is 162 cm³/mol. The molecule has 1 aliphatic heterocycles. The molecule has 8 nitrogen and oxygen atoms in total. The van der Waals surface area contributed by atoms with Crippen LogP contribution in [0.3, 0.4) is 0 Å². The van der Waals surface area contributed by atoms with E-state index < -0.39 is 17.3 Å². The predicted octanol–water partition coefficient (Wildman–Crippen LogP) is 6.93. The molecule has 0 atom stereocenters. The van der Waals surface area contributed by atoms with Crippen LogP contribution in [0, 0.1) is 19.7 Å². The number of carbonyl (C=O) groups excluding carboxylic acids is 1. The van der Waals surface area contributed by atoms with Crippen LogP contribution in [0.1, 0.15) is 54.6 Å². The summed E-state index contributed by atoms with van der Waals surface area (Å²) in [5.74, 6) is -0.457. The van der Waals surface area contributed by atoms with Crippen molar-refractivity contribution in [1.29, 1.82) is 0 Å². The van der Waals surface area contributed by atoms with Crippen LogP contribution in [0.25, 0.3) is 0 Å². The van der Waals surface area contributed by atoms with Gasteiger partial charge in [-0.25, -0.2) is 8.70 Å². The minimum absolute atomic E-state index is 0.0477. The van der Waals surface area contributed by atoms with Crippen molar-refractivity contribution in [3.05, 3.63) is 74.3 Å². The maximum Gasteiger partial charge on any atom is 0.259 e. The van der Waals surface area contributed by atoms with E-state index >= 15 is 0 Å². The highest BCUT2D eigenvalue weighted by molar-refractivity contribution is 7.98. The molecule has 2 heterocycles. The first-order valence-electron chi connectivity index (χ1n) is 13.4. The van der Waals surface area contributed by atoms with Crippen LogP contribution in [0.4, 0.5) is 21.6 Å². The van der Waals surface area contributed by atoms with E-state index in [0.717, 1.165) is 37.9 Å². The molecule has 40 heavy (non-hydrogen) atoms. The van der Waals surface area contributed by atoms with Gasteiger partial charge in [-0.2, -0.15) is 0 Å². The lowest BCUT2D eigenvalue weighted by Gasteiger charge is -2.29. The monoisotopic (exact) mass is 587 g/mol. The Labute approximate surface area is 243 Å². The van der Waals surface area contributed by atoms with E-state index in [0.29, 0.717) is 10.7 Å². The number of nitrogens with zero attached hydrogens (tertiary/aromatic N) is 2. The second-order valence-electron chi connectivity index (χ2n) is 9.59. The topological polar surface area (TPSA) is 87.6 Å². The van der Waals surface area contributed by atoms with E-state index in [1.165, 1.54) is 29.8 Å². The molecule has 2 aliphatic rings. The summed E-state index contributed by atoms with van der Waals surface area (Å²) in [6, 6.07) is 10.0. The van der Waals surface area contributed by atoms with Gasteiger partial charge in [-0.15, -0.1) is 0 Å². The van der Waals surface area contributed by atoms with Gasteiger partial charge in [-0.1, -0.05) is 37.6 Å².